The van der Waals surface area contributed by atoms with E-state index in [0.717, 1.165) is 0 Å². The predicted octanol–water partition coefficient (Wildman–Crippen LogP) is -1.25. The van der Waals surface area contributed by atoms with Crippen molar-refractivity contribution in [3.63, 3.8) is 0 Å². The zero-order chi connectivity index (χ0) is 10.0. The number of nitrogens with two attached hydrogens (primary N) is 2. The molecule has 1 atom stereocenters. The van der Waals surface area contributed by atoms with Crippen LogP contribution in [0.2, 0.25) is 0 Å². The normalized spacial score (nSPS) is 20.6. The second-order valence-electron chi connectivity index (χ2n) is 2.94. The fourth-order valence-corrected chi connectivity index (χ4v) is 1.36. The number of nitrogens with zero attached hydrogens (tertiary/aromatic N) is 1. The zero-order valence-electron chi connectivity index (χ0n) is 7.03. The lowest BCUT2D eigenvalue weighted by atomic mass is 10.0. The summed E-state index contributed by atoms with van der Waals surface area (Å²) in [5.41, 5.74) is 10.3. The molecular weight excluding hydrogens is 190 g/mol. The van der Waals surface area contributed by atoms with Crippen LogP contribution in [0.3, 0.4) is 0 Å². The van der Waals surface area contributed by atoms with Crippen molar-refractivity contribution < 1.29 is 9.59 Å². The average Bonchev–Trinajstić information content (AvgIpc) is 1.79. The highest BCUT2D eigenvalue weighted by molar-refractivity contribution is 7.80. The van der Waals surface area contributed by atoms with E-state index in [1.807, 2.05) is 0 Å². The number of rotatable bonds is 3. The number of likely N-dealkylation sites (tertiary alicyclic amines) is 1. The van der Waals surface area contributed by atoms with Crippen LogP contribution >= 0.6 is 12.2 Å². The highest BCUT2D eigenvalue weighted by Crippen LogP contribution is 2.17. The zero-order valence-corrected chi connectivity index (χ0v) is 7.84. The standard InChI is InChI=1S/C7H11N3O2S/c8-5(13)3-6(11)10-2-1-4(10)7(9)12/h4H,1-3H2,(H2,8,13)(H2,9,12). The van der Waals surface area contributed by atoms with Crippen LogP contribution in [0, 0.1) is 0 Å². The minimum atomic E-state index is -0.470. The minimum absolute atomic E-state index is 0.0130. The first-order valence-electron chi connectivity index (χ1n) is 3.89. The third kappa shape index (κ3) is 2.15. The molecule has 13 heavy (non-hydrogen) atoms. The molecule has 1 rings (SSSR count). The monoisotopic (exact) mass is 201 g/mol. The molecule has 1 heterocycles. The van der Waals surface area contributed by atoms with E-state index >= 15 is 0 Å². The van der Waals surface area contributed by atoms with Gasteiger partial charge in [0.25, 0.3) is 0 Å². The number of primary amides is 1. The summed E-state index contributed by atoms with van der Waals surface area (Å²) in [6.45, 7) is 0.565. The van der Waals surface area contributed by atoms with E-state index in [-0.39, 0.29) is 17.3 Å². The van der Waals surface area contributed by atoms with Crippen LogP contribution < -0.4 is 11.5 Å². The summed E-state index contributed by atoms with van der Waals surface area (Å²) in [6.07, 6.45) is 0.650. The maximum Gasteiger partial charge on any atom is 0.240 e. The Bertz CT molecular complexity index is 266. The van der Waals surface area contributed by atoms with Gasteiger partial charge in [-0.05, 0) is 6.42 Å². The molecule has 1 aliphatic rings. The molecule has 5 nitrogen and oxygen atoms in total. The van der Waals surface area contributed by atoms with Gasteiger partial charge in [0.15, 0.2) is 0 Å². The van der Waals surface area contributed by atoms with E-state index in [1.54, 1.807) is 0 Å². The topological polar surface area (TPSA) is 89.4 Å². The van der Waals surface area contributed by atoms with Crippen LogP contribution in [0.1, 0.15) is 12.8 Å². The molecule has 0 saturated carbocycles. The fourth-order valence-electron chi connectivity index (χ4n) is 1.23. The molecular formula is C7H11N3O2S. The maximum atomic E-state index is 11.3. The van der Waals surface area contributed by atoms with Crippen LogP contribution in [0.4, 0.5) is 0 Å². The van der Waals surface area contributed by atoms with Crippen LogP contribution in [-0.4, -0.2) is 34.3 Å². The van der Waals surface area contributed by atoms with Gasteiger partial charge in [-0.3, -0.25) is 9.59 Å². The van der Waals surface area contributed by atoms with Crippen molar-refractivity contribution in [3.05, 3.63) is 0 Å². The van der Waals surface area contributed by atoms with Crippen LogP contribution in [-0.2, 0) is 9.59 Å². The van der Waals surface area contributed by atoms with E-state index < -0.39 is 11.9 Å². The van der Waals surface area contributed by atoms with Crippen molar-refractivity contribution in [2.24, 2.45) is 11.5 Å². The number of carbonyl (C=O) groups excluding carboxylic acids is 2. The first-order chi connectivity index (χ1) is 6.02. The minimum Gasteiger partial charge on any atom is -0.393 e. The summed E-state index contributed by atoms with van der Waals surface area (Å²) in [6, 6.07) is -0.457. The van der Waals surface area contributed by atoms with Gasteiger partial charge in [0.05, 0.1) is 11.4 Å². The van der Waals surface area contributed by atoms with Gasteiger partial charge in [-0.15, -0.1) is 0 Å². The lowest BCUT2D eigenvalue weighted by Gasteiger charge is -2.38. The van der Waals surface area contributed by atoms with Gasteiger partial charge in [-0.2, -0.15) is 0 Å². The van der Waals surface area contributed by atoms with Crippen molar-refractivity contribution >= 4 is 29.0 Å². The van der Waals surface area contributed by atoms with Crippen molar-refractivity contribution in [2.75, 3.05) is 6.54 Å². The highest BCUT2D eigenvalue weighted by atomic mass is 32.1. The summed E-state index contributed by atoms with van der Waals surface area (Å²) in [5.74, 6) is -0.690. The molecule has 72 valence electrons. The Kier molecular flexibility index (Phi) is 2.82. The van der Waals surface area contributed by atoms with Crippen LogP contribution in [0.15, 0.2) is 0 Å². The van der Waals surface area contributed by atoms with Crippen LogP contribution in [0.5, 0.6) is 0 Å². The fraction of sp³-hybridized carbons (Fsp3) is 0.571. The molecule has 6 heteroatoms. The number of carbonyl (C=O) groups is 2. The third-order valence-electron chi connectivity index (χ3n) is 1.99. The average molecular weight is 201 g/mol. The van der Waals surface area contributed by atoms with Gasteiger partial charge >= 0.3 is 0 Å². The van der Waals surface area contributed by atoms with Crippen molar-refractivity contribution in [2.45, 2.75) is 18.9 Å². The quantitative estimate of drug-likeness (QED) is 0.558. The van der Waals surface area contributed by atoms with Crippen LogP contribution in [0.25, 0.3) is 0 Å². The Morgan fingerprint density at radius 3 is 2.38 bits per heavy atom. The summed E-state index contributed by atoms with van der Waals surface area (Å²) >= 11 is 4.58. The molecule has 0 bridgehead atoms. The predicted molar refractivity (Wildman–Crippen MR) is 50.7 cm³/mol. The lowest BCUT2D eigenvalue weighted by Crippen LogP contribution is -2.57. The summed E-state index contributed by atoms with van der Waals surface area (Å²) < 4.78 is 0. The van der Waals surface area contributed by atoms with Crippen molar-refractivity contribution in [3.8, 4) is 0 Å². The van der Waals surface area contributed by atoms with E-state index in [0.29, 0.717) is 13.0 Å². The van der Waals surface area contributed by atoms with Gasteiger partial charge in [-0.1, -0.05) is 12.2 Å². The maximum absolute atomic E-state index is 11.3. The van der Waals surface area contributed by atoms with Gasteiger partial charge in [0.2, 0.25) is 11.8 Å². The first kappa shape index (κ1) is 9.91. The molecule has 0 aromatic heterocycles. The SMILES string of the molecule is NC(=O)C1CCN1C(=O)CC(N)=S. The van der Waals surface area contributed by atoms with E-state index in [4.69, 9.17) is 11.5 Å². The molecule has 0 aliphatic carbocycles. The molecule has 1 saturated heterocycles. The highest BCUT2D eigenvalue weighted by Gasteiger charge is 2.35. The van der Waals surface area contributed by atoms with Gasteiger partial charge in [0.1, 0.15) is 6.04 Å². The largest absolute Gasteiger partial charge is 0.393 e. The third-order valence-corrected chi connectivity index (χ3v) is 2.14. The molecule has 1 aliphatic heterocycles. The number of hydrogen-bond acceptors (Lipinski definition) is 3. The van der Waals surface area contributed by atoms with E-state index in [2.05, 4.69) is 12.2 Å². The van der Waals surface area contributed by atoms with Gasteiger partial charge in [-0.25, -0.2) is 0 Å². The first-order valence-corrected chi connectivity index (χ1v) is 4.30. The number of thiocarbonyl (C=S) groups is 1. The number of amides is 2. The summed E-state index contributed by atoms with van der Waals surface area (Å²) in [7, 11) is 0. The van der Waals surface area contributed by atoms with Gasteiger partial charge in [0, 0.05) is 6.54 Å². The molecule has 4 N–H and O–H groups in total. The van der Waals surface area contributed by atoms with Crippen molar-refractivity contribution in [1.29, 1.82) is 0 Å². The molecule has 2 amide bonds. The lowest BCUT2D eigenvalue weighted by molar-refractivity contribution is -0.145. The summed E-state index contributed by atoms with van der Waals surface area (Å²) in [5, 5.41) is 0. The smallest absolute Gasteiger partial charge is 0.240 e. The second-order valence-corrected chi connectivity index (χ2v) is 3.46. The summed E-state index contributed by atoms with van der Waals surface area (Å²) in [4.78, 5) is 23.6. The molecule has 0 aromatic rings. The Labute approximate surface area is 81.0 Å². The molecule has 0 spiro atoms. The number of hydrogen-bond donors (Lipinski definition) is 2. The van der Waals surface area contributed by atoms with E-state index in [1.165, 1.54) is 4.90 Å². The Morgan fingerprint density at radius 1 is 1.46 bits per heavy atom. The Hall–Kier alpha value is -1.17. The molecule has 0 radical (unpaired) electrons. The van der Waals surface area contributed by atoms with Crippen molar-refractivity contribution in [1.82, 2.24) is 4.90 Å². The second kappa shape index (κ2) is 3.69. The molecule has 1 fully saturated rings. The van der Waals surface area contributed by atoms with Gasteiger partial charge < -0.3 is 16.4 Å². The van der Waals surface area contributed by atoms with E-state index in [9.17, 15) is 9.59 Å². The Morgan fingerprint density at radius 2 is 2.08 bits per heavy atom. The molecule has 1 unspecified atom stereocenters. The molecule has 0 aromatic carbocycles. The Balaban J connectivity index is 2.49.